The Hall–Kier alpha value is -2.34. The zero-order valence-corrected chi connectivity index (χ0v) is 15.2. The Balaban J connectivity index is 1.83. The second-order valence-electron chi connectivity index (χ2n) is 6.10. The summed E-state index contributed by atoms with van der Waals surface area (Å²) in [5.41, 5.74) is 1.97. The summed E-state index contributed by atoms with van der Waals surface area (Å²) in [7, 11) is 1.61. The summed E-state index contributed by atoms with van der Waals surface area (Å²) < 4.78 is 11.0. The van der Waals surface area contributed by atoms with Crippen molar-refractivity contribution < 1.29 is 9.47 Å². The lowest BCUT2D eigenvalue weighted by Crippen LogP contribution is -2.11. The average molecular weight is 356 g/mol. The average Bonchev–Trinajstić information content (AvgIpc) is 3.01. The molecule has 0 radical (unpaired) electrons. The fraction of sp³-hybridized carbons (Fsp3) is 0.368. The molecule has 0 saturated heterocycles. The van der Waals surface area contributed by atoms with Crippen molar-refractivity contribution in [3.05, 3.63) is 39.0 Å². The summed E-state index contributed by atoms with van der Waals surface area (Å²) in [4.78, 5) is 22.5. The van der Waals surface area contributed by atoms with Gasteiger partial charge in [0.25, 0.3) is 5.56 Å². The lowest BCUT2D eigenvalue weighted by Gasteiger charge is -2.11. The van der Waals surface area contributed by atoms with Crippen molar-refractivity contribution in [2.24, 2.45) is 0 Å². The summed E-state index contributed by atoms with van der Waals surface area (Å²) >= 11 is 1.66. The molecular weight excluding hydrogens is 336 g/mol. The van der Waals surface area contributed by atoms with E-state index in [-0.39, 0.29) is 5.56 Å². The summed E-state index contributed by atoms with van der Waals surface area (Å²) in [5, 5.41) is 0.779. The molecule has 0 fully saturated rings. The van der Waals surface area contributed by atoms with Crippen molar-refractivity contribution in [1.29, 1.82) is 0 Å². The maximum absolute atomic E-state index is 12.7. The first-order chi connectivity index (χ1) is 12.2. The molecule has 5 nitrogen and oxygen atoms in total. The maximum Gasteiger partial charge on any atom is 0.260 e. The molecule has 6 heteroatoms. The monoisotopic (exact) mass is 356 g/mol. The molecule has 0 unspecified atom stereocenters. The van der Waals surface area contributed by atoms with Crippen LogP contribution in [0.1, 0.15) is 30.2 Å². The first-order valence-electron chi connectivity index (χ1n) is 8.57. The molecule has 1 aliphatic rings. The summed E-state index contributed by atoms with van der Waals surface area (Å²) in [6.07, 6.45) is 4.38. The number of nitrogens with zero attached hydrogens (tertiary/aromatic N) is 1. The van der Waals surface area contributed by atoms with Gasteiger partial charge in [0.15, 0.2) is 11.5 Å². The van der Waals surface area contributed by atoms with E-state index in [1.807, 2.05) is 25.1 Å². The van der Waals surface area contributed by atoms with Crippen molar-refractivity contribution >= 4 is 21.6 Å². The molecular formula is C19H20N2O3S. The van der Waals surface area contributed by atoms with Crippen LogP contribution in [0.2, 0.25) is 0 Å². The smallest absolute Gasteiger partial charge is 0.260 e. The number of rotatable bonds is 4. The predicted octanol–water partition coefficient (Wildman–Crippen LogP) is 3.94. The number of methoxy groups -OCH3 is 1. The molecule has 0 saturated carbocycles. The molecule has 1 aromatic carbocycles. The number of thiophene rings is 1. The number of ether oxygens (including phenoxy) is 2. The number of benzene rings is 1. The van der Waals surface area contributed by atoms with Crippen LogP contribution < -0.4 is 15.0 Å². The van der Waals surface area contributed by atoms with E-state index in [0.29, 0.717) is 23.9 Å². The zero-order chi connectivity index (χ0) is 17.4. The Morgan fingerprint density at radius 1 is 1.24 bits per heavy atom. The van der Waals surface area contributed by atoms with Gasteiger partial charge >= 0.3 is 0 Å². The van der Waals surface area contributed by atoms with E-state index in [9.17, 15) is 4.79 Å². The molecule has 0 bridgehead atoms. The van der Waals surface area contributed by atoms with Gasteiger partial charge in [0.2, 0.25) is 0 Å². The van der Waals surface area contributed by atoms with E-state index < -0.39 is 0 Å². The van der Waals surface area contributed by atoms with Crippen LogP contribution in [-0.2, 0) is 12.8 Å². The topological polar surface area (TPSA) is 64.2 Å². The third kappa shape index (κ3) is 2.80. The first kappa shape index (κ1) is 16.1. The van der Waals surface area contributed by atoms with Gasteiger partial charge in [0, 0.05) is 10.4 Å². The largest absolute Gasteiger partial charge is 0.493 e. The highest BCUT2D eigenvalue weighted by Gasteiger charge is 2.20. The number of aromatic nitrogens is 2. The predicted molar refractivity (Wildman–Crippen MR) is 100 cm³/mol. The Morgan fingerprint density at radius 2 is 2.08 bits per heavy atom. The van der Waals surface area contributed by atoms with Crippen LogP contribution in [0.3, 0.4) is 0 Å². The first-order valence-corrected chi connectivity index (χ1v) is 9.38. The summed E-state index contributed by atoms with van der Waals surface area (Å²) in [5.74, 6) is 1.88. The molecule has 1 aliphatic carbocycles. The zero-order valence-electron chi connectivity index (χ0n) is 14.3. The molecule has 0 aliphatic heterocycles. The molecule has 3 aromatic rings. The molecule has 130 valence electrons. The van der Waals surface area contributed by atoms with Crippen LogP contribution in [0.5, 0.6) is 11.5 Å². The Morgan fingerprint density at radius 3 is 2.88 bits per heavy atom. The fourth-order valence-electron chi connectivity index (χ4n) is 3.39. The Bertz CT molecular complexity index is 990. The van der Waals surface area contributed by atoms with Gasteiger partial charge in [-0.25, -0.2) is 4.98 Å². The van der Waals surface area contributed by atoms with Crippen LogP contribution in [-0.4, -0.2) is 23.7 Å². The molecule has 1 N–H and O–H groups in total. The number of nitrogens with one attached hydrogen (secondary N) is 1. The van der Waals surface area contributed by atoms with Gasteiger partial charge in [0.1, 0.15) is 10.7 Å². The number of hydrogen-bond donors (Lipinski definition) is 1. The molecule has 0 spiro atoms. The SMILES string of the molecule is CCOc1ccc(-c2nc3sc4c(c3c(=O)[nH]2)CCCC4)cc1OC. The second kappa shape index (κ2) is 6.52. The minimum atomic E-state index is -0.0488. The van der Waals surface area contributed by atoms with E-state index in [2.05, 4.69) is 4.98 Å². The van der Waals surface area contributed by atoms with Gasteiger partial charge in [-0.3, -0.25) is 4.79 Å². The van der Waals surface area contributed by atoms with Gasteiger partial charge in [-0.05, 0) is 56.4 Å². The number of aryl methyl sites for hydroxylation is 2. The molecule has 2 aromatic heterocycles. The lowest BCUT2D eigenvalue weighted by atomic mass is 9.97. The van der Waals surface area contributed by atoms with E-state index in [0.717, 1.165) is 35.0 Å². The van der Waals surface area contributed by atoms with Crippen LogP contribution in [0.15, 0.2) is 23.0 Å². The van der Waals surface area contributed by atoms with Gasteiger partial charge in [-0.1, -0.05) is 0 Å². The quantitative estimate of drug-likeness (QED) is 0.769. The van der Waals surface area contributed by atoms with E-state index in [1.54, 1.807) is 18.4 Å². The van der Waals surface area contributed by atoms with E-state index in [4.69, 9.17) is 14.5 Å². The molecule has 0 amide bonds. The van der Waals surface area contributed by atoms with Crippen LogP contribution in [0, 0.1) is 0 Å². The molecule has 2 heterocycles. The number of aromatic amines is 1. The van der Waals surface area contributed by atoms with Crippen molar-refractivity contribution in [1.82, 2.24) is 9.97 Å². The normalized spacial score (nSPS) is 13.7. The van der Waals surface area contributed by atoms with Crippen LogP contribution in [0.4, 0.5) is 0 Å². The highest BCUT2D eigenvalue weighted by molar-refractivity contribution is 7.18. The highest BCUT2D eigenvalue weighted by atomic mass is 32.1. The molecule has 4 rings (SSSR count). The van der Waals surface area contributed by atoms with Crippen molar-refractivity contribution in [2.45, 2.75) is 32.6 Å². The summed E-state index contributed by atoms with van der Waals surface area (Å²) in [6.45, 7) is 2.50. The fourth-order valence-corrected chi connectivity index (χ4v) is 4.65. The minimum Gasteiger partial charge on any atom is -0.493 e. The Labute approximate surface area is 149 Å². The number of H-pyrrole nitrogens is 1. The van der Waals surface area contributed by atoms with Crippen molar-refractivity contribution in [3.63, 3.8) is 0 Å². The molecule has 25 heavy (non-hydrogen) atoms. The van der Waals surface area contributed by atoms with E-state index in [1.165, 1.54) is 16.9 Å². The third-order valence-electron chi connectivity index (χ3n) is 4.56. The highest BCUT2D eigenvalue weighted by Crippen LogP contribution is 2.35. The minimum absolute atomic E-state index is 0.0488. The van der Waals surface area contributed by atoms with Crippen LogP contribution >= 0.6 is 11.3 Å². The van der Waals surface area contributed by atoms with E-state index >= 15 is 0 Å². The maximum atomic E-state index is 12.7. The second-order valence-corrected chi connectivity index (χ2v) is 7.19. The van der Waals surface area contributed by atoms with Gasteiger partial charge in [-0.15, -0.1) is 11.3 Å². The van der Waals surface area contributed by atoms with Gasteiger partial charge in [-0.2, -0.15) is 0 Å². The van der Waals surface area contributed by atoms with Gasteiger partial charge in [0.05, 0.1) is 19.1 Å². The lowest BCUT2D eigenvalue weighted by molar-refractivity contribution is 0.311. The third-order valence-corrected chi connectivity index (χ3v) is 5.75. The van der Waals surface area contributed by atoms with Gasteiger partial charge < -0.3 is 14.5 Å². The molecule has 0 atom stereocenters. The van der Waals surface area contributed by atoms with Crippen molar-refractivity contribution in [2.75, 3.05) is 13.7 Å². The number of fused-ring (bicyclic) bond motifs is 3. The Kier molecular flexibility index (Phi) is 4.21. The van der Waals surface area contributed by atoms with Crippen molar-refractivity contribution in [3.8, 4) is 22.9 Å². The summed E-state index contributed by atoms with van der Waals surface area (Å²) in [6, 6.07) is 5.59. The van der Waals surface area contributed by atoms with Crippen LogP contribution in [0.25, 0.3) is 21.6 Å². The standard InChI is InChI=1S/C19H20N2O3S/c1-3-24-13-9-8-11(10-14(13)23-2)17-20-18(22)16-12-6-4-5-7-15(12)25-19(16)21-17/h8-10H,3-7H2,1-2H3,(H,20,21,22). The number of hydrogen-bond acceptors (Lipinski definition) is 5.